The van der Waals surface area contributed by atoms with Crippen LogP contribution in [-0.2, 0) is 23.1 Å². The van der Waals surface area contributed by atoms with E-state index in [9.17, 15) is 9.59 Å². The second kappa shape index (κ2) is 4.36. The van der Waals surface area contributed by atoms with Crippen molar-refractivity contribution in [1.29, 1.82) is 0 Å². The van der Waals surface area contributed by atoms with Gasteiger partial charge in [0.2, 0.25) is 0 Å². The molecule has 0 radical (unpaired) electrons. The summed E-state index contributed by atoms with van der Waals surface area (Å²) in [5, 5.41) is 4.40. The van der Waals surface area contributed by atoms with E-state index in [-0.39, 0.29) is 24.5 Å². The second-order valence-corrected chi connectivity index (χ2v) is 3.57. The summed E-state index contributed by atoms with van der Waals surface area (Å²) in [7, 11) is 3.03. The number of aromatic nitrogens is 4. The first kappa shape index (κ1) is 11.3. The Kier molecular flexibility index (Phi) is 2.90. The van der Waals surface area contributed by atoms with Crippen LogP contribution in [0.25, 0.3) is 11.0 Å². The third-order valence-corrected chi connectivity index (χ3v) is 2.50. The van der Waals surface area contributed by atoms with Crippen molar-refractivity contribution in [3.8, 4) is 0 Å². The monoisotopic (exact) mass is 236 g/mol. The maximum absolute atomic E-state index is 12.0. The maximum atomic E-state index is 12.0. The van der Waals surface area contributed by atoms with Crippen molar-refractivity contribution in [2.24, 2.45) is 7.05 Å². The zero-order chi connectivity index (χ0) is 12.4. The Labute approximate surface area is 96.6 Å². The summed E-state index contributed by atoms with van der Waals surface area (Å²) in [6.07, 6.45) is 3.03. The second-order valence-electron chi connectivity index (χ2n) is 3.57. The number of methoxy groups -OCH3 is 1. The van der Waals surface area contributed by atoms with Crippen molar-refractivity contribution in [1.82, 2.24) is 19.3 Å². The van der Waals surface area contributed by atoms with Crippen molar-refractivity contribution < 1.29 is 9.53 Å². The van der Waals surface area contributed by atoms with Gasteiger partial charge in [0.05, 0.1) is 26.1 Å². The van der Waals surface area contributed by atoms with E-state index in [1.165, 1.54) is 28.9 Å². The third-order valence-electron chi connectivity index (χ3n) is 2.50. The molecular formula is C10H12N4O3. The summed E-state index contributed by atoms with van der Waals surface area (Å²) < 4.78 is 7.42. The molecule has 2 rings (SSSR count). The van der Waals surface area contributed by atoms with Crippen LogP contribution in [0.15, 0.2) is 17.3 Å². The van der Waals surface area contributed by atoms with Crippen LogP contribution in [-0.4, -0.2) is 32.4 Å². The van der Waals surface area contributed by atoms with Gasteiger partial charge in [-0.1, -0.05) is 0 Å². The molecule has 2 aromatic rings. The first-order valence-electron chi connectivity index (χ1n) is 5.07. The van der Waals surface area contributed by atoms with E-state index in [0.29, 0.717) is 11.0 Å². The largest absolute Gasteiger partial charge is 0.469 e. The molecule has 0 unspecified atom stereocenters. The van der Waals surface area contributed by atoms with Crippen molar-refractivity contribution >= 4 is 17.0 Å². The Morgan fingerprint density at radius 2 is 2.29 bits per heavy atom. The van der Waals surface area contributed by atoms with Crippen molar-refractivity contribution in [3.05, 3.63) is 22.9 Å². The van der Waals surface area contributed by atoms with Crippen LogP contribution >= 0.6 is 0 Å². The number of esters is 1. The Morgan fingerprint density at radius 1 is 1.53 bits per heavy atom. The molecule has 0 saturated heterocycles. The van der Waals surface area contributed by atoms with Gasteiger partial charge in [0.1, 0.15) is 5.39 Å². The Balaban J connectivity index is 2.33. The molecule has 0 aromatic carbocycles. The zero-order valence-corrected chi connectivity index (χ0v) is 9.58. The number of fused-ring (bicyclic) bond motifs is 1. The number of hydrogen-bond acceptors (Lipinski definition) is 5. The number of nitrogens with zero attached hydrogens (tertiary/aromatic N) is 4. The van der Waals surface area contributed by atoms with Gasteiger partial charge in [-0.3, -0.25) is 18.8 Å². The summed E-state index contributed by atoms with van der Waals surface area (Å²) in [4.78, 5) is 27.1. The van der Waals surface area contributed by atoms with E-state index in [0.717, 1.165) is 0 Å². The van der Waals surface area contributed by atoms with E-state index in [4.69, 9.17) is 0 Å². The predicted molar refractivity (Wildman–Crippen MR) is 59.4 cm³/mol. The lowest BCUT2D eigenvalue weighted by Crippen LogP contribution is -2.22. The fourth-order valence-corrected chi connectivity index (χ4v) is 1.54. The van der Waals surface area contributed by atoms with Crippen LogP contribution in [0.3, 0.4) is 0 Å². The number of rotatable bonds is 3. The van der Waals surface area contributed by atoms with Crippen LogP contribution in [0.5, 0.6) is 0 Å². The van der Waals surface area contributed by atoms with Gasteiger partial charge in [0.15, 0.2) is 5.65 Å². The normalized spacial score (nSPS) is 10.7. The summed E-state index contributed by atoms with van der Waals surface area (Å²) >= 11 is 0. The molecule has 0 amide bonds. The lowest BCUT2D eigenvalue weighted by atomic mass is 10.4. The lowest BCUT2D eigenvalue weighted by Gasteiger charge is -2.03. The van der Waals surface area contributed by atoms with Gasteiger partial charge in [-0.2, -0.15) is 5.10 Å². The summed E-state index contributed by atoms with van der Waals surface area (Å²) in [6.45, 7) is 0.253. The van der Waals surface area contributed by atoms with Gasteiger partial charge < -0.3 is 4.74 Å². The summed E-state index contributed by atoms with van der Waals surface area (Å²) in [5.41, 5.74) is 0.330. The first-order valence-corrected chi connectivity index (χ1v) is 5.07. The molecule has 2 heterocycles. The highest BCUT2D eigenvalue weighted by molar-refractivity contribution is 5.73. The quantitative estimate of drug-likeness (QED) is 0.683. The van der Waals surface area contributed by atoms with Gasteiger partial charge in [-0.25, -0.2) is 4.98 Å². The van der Waals surface area contributed by atoms with Gasteiger partial charge >= 0.3 is 5.97 Å². The minimum atomic E-state index is -0.358. The molecule has 0 N–H and O–H groups in total. The molecule has 7 heteroatoms. The molecular weight excluding hydrogens is 224 g/mol. The van der Waals surface area contributed by atoms with Gasteiger partial charge in [0, 0.05) is 13.6 Å². The van der Waals surface area contributed by atoms with Gasteiger partial charge in [-0.05, 0) is 0 Å². The van der Waals surface area contributed by atoms with Crippen LogP contribution in [0, 0.1) is 0 Å². The maximum Gasteiger partial charge on any atom is 0.307 e. The predicted octanol–water partition coefficient (Wildman–Crippen LogP) is -0.307. The Bertz CT molecular complexity index is 614. The molecule has 7 nitrogen and oxygen atoms in total. The Hall–Kier alpha value is -2.18. The smallest absolute Gasteiger partial charge is 0.307 e. The third kappa shape index (κ3) is 2.03. The number of carbonyl (C=O) groups excluding carboxylic acids is 1. The fraction of sp³-hybridized carbons (Fsp3) is 0.400. The standard InChI is InChI=1S/C10H12N4O3/c1-13-9-7(5-12-13)10(16)14(6-11-9)4-3-8(15)17-2/h5-6H,3-4H2,1-2H3. The molecule has 0 saturated carbocycles. The van der Waals surface area contributed by atoms with Crippen LogP contribution in [0.4, 0.5) is 0 Å². The highest BCUT2D eigenvalue weighted by Gasteiger charge is 2.09. The molecule has 0 spiro atoms. The molecule has 17 heavy (non-hydrogen) atoms. The molecule has 2 aromatic heterocycles. The molecule has 0 atom stereocenters. The topological polar surface area (TPSA) is 79.0 Å². The summed E-state index contributed by atoms with van der Waals surface area (Å²) in [6, 6.07) is 0. The minimum Gasteiger partial charge on any atom is -0.469 e. The minimum absolute atomic E-state index is 0.143. The van der Waals surface area contributed by atoms with Crippen molar-refractivity contribution in [3.63, 3.8) is 0 Å². The van der Waals surface area contributed by atoms with Crippen LogP contribution < -0.4 is 5.56 Å². The first-order chi connectivity index (χ1) is 8.13. The molecule has 0 aliphatic rings. The summed E-state index contributed by atoms with van der Waals surface area (Å²) in [5.74, 6) is -0.358. The highest BCUT2D eigenvalue weighted by Crippen LogP contribution is 2.03. The van der Waals surface area contributed by atoms with E-state index in [1.807, 2.05) is 0 Å². The molecule has 90 valence electrons. The molecule has 0 aliphatic carbocycles. The van der Waals surface area contributed by atoms with E-state index >= 15 is 0 Å². The number of aryl methyl sites for hydroxylation is 2. The molecule has 0 fully saturated rings. The number of carbonyl (C=O) groups is 1. The van der Waals surface area contributed by atoms with Crippen molar-refractivity contribution in [2.75, 3.05) is 7.11 Å². The molecule has 0 aliphatic heterocycles. The SMILES string of the molecule is COC(=O)CCn1cnc2c(cnn2C)c1=O. The zero-order valence-electron chi connectivity index (χ0n) is 9.58. The fourth-order valence-electron chi connectivity index (χ4n) is 1.54. The van der Waals surface area contributed by atoms with E-state index in [2.05, 4.69) is 14.8 Å². The number of hydrogen-bond donors (Lipinski definition) is 0. The van der Waals surface area contributed by atoms with Crippen LogP contribution in [0.1, 0.15) is 6.42 Å². The van der Waals surface area contributed by atoms with Gasteiger partial charge in [0.25, 0.3) is 5.56 Å². The Morgan fingerprint density at radius 3 is 3.00 bits per heavy atom. The molecule has 0 bridgehead atoms. The van der Waals surface area contributed by atoms with Gasteiger partial charge in [-0.15, -0.1) is 0 Å². The highest BCUT2D eigenvalue weighted by atomic mass is 16.5. The van der Waals surface area contributed by atoms with Crippen molar-refractivity contribution in [2.45, 2.75) is 13.0 Å². The number of ether oxygens (including phenoxy) is 1. The lowest BCUT2D eigenvalue weighted by molar-refractivity contribution is -0.140. The van der Waals surface area contributed by atoms with E-state index in [1.54, 1.807) is 7.05 Å². The average molecular weight is 236 g/mol. The average Bonchev–Trinajstić information content (AvgIpc) is 2.71. The van der Waals surface area contributed by atoms with Crippen LogP contribution in [0.2, 0.25) is 0 Å². The van der Waals surface area contributed by atoms with E-state index < -0.39 is 0 Å².